The molecule has 6 nitrogen and oxygen atoms in total. The number of pyridine rings is 1. The van der Waals surface area contributed by atoms with Gasteiger partial charge in [-0.25, -0.2) is 9.97 Å². The second kappa shape index (κ2) is 8.50. The van der Waals surface area contributed by atoms with Gasteiger partial charge in [0.2, 0.25) is 0 Å². The van der Waals surface area contributed by atoms with Crippen molar-refractivity contribution in [3.63, 3.8) is 0 Å². The lowest BCUT2D eigenvalue weighted by Crippen LogP contribution is -2.25. The fourth-order valence-electron chi connectivity index (χ4n) is 3.04. The van der Waals surface area contributed by atoms with Crippen LogP contribution in [0.15, 0.2) is 35.3 Å². The van der Waals surface area contributed by atoms with Gasteiger partial charge in [-0.3, -0.25) is 9.36 Å². The molecule has 7 heteroatoms. The third kappa shape index (κ3) is 3.96. The van der Waals surface area contributed by atoms with E-state index in [2.05, 4.69) is 9.97 Å². The van der Waals surface area contributed by atoms with Crippen molar-refractivity contribution in [2.24, 2.45) is 0 Å². The minimum absolute atomic E-state index is 0.120. The lowest BCUT2D eigenvalue weighted by Gasteiger charge is -2.14. The number of aromatic nitrogens is 3. The summed E-state index contributed by atoms with van der Waals surface area (Å²) in [5.74, 6) is 0.682. The fourth-order valence-corrected chi connectivity index (χ4v) is 3.31. The monoisotopic (exact) mass is 387 g/mol. The standard InChI is InChI=1S/C20H22ClN3O3/c1-13-20(25)24(10-4-5-11-26-2)19-18(23-13)16(8-9-22-19)15-7-6-14(27-3)12-17(15)21/h6-9,12H,4-5,10-11H2,1-3H3. The number of fused-ring (bicyclic) bond motifs is 1. The molecule has 27 heavy (non-hydrogen) atoms. The van der Waals surface area contributed by atoms with E-state index in [1.165, 1.54) is 0 Å². The maximum absolute atomic E-state index is 12.6. The number of nitrogens with zero attached hydrogens (tertiary/aromatic N) is 3. The molecular weight excluding hydrogens is 366 g/mol. The van der Waals surface area contributed by atoms with Crippen LogP contribution in [-0.2, 0) is 11.3 Å². The van der Waals surface area contributed by atoms with Crippen molar-refractivity contribution in [1.29, 1.82) is 0 Å². The Bertz CT molecular complexity index is 1020. The molecule has 0 spiro atoms. The van der Waals surface area contributed by atoms with Gasteiger partial charge in [0.15, 0.2) is 5.65 Å². The largest absolute Gasteiger partial charge is 0.497 e. The Morgan fingerprint density at radius 2 is 1.96 bits per heavy atom. The smallest absolute Gasteiger partial charge is 0.273 e. The lowest BCUT2D eigenvalue weighted by atomic mass is 10.1. The minimum atomic E-state index is -0.120. The fraction of sp³-hybridized carbons (Fsp3) is 0.350. The predicted molar refractivity (Wildman–Crippen MR) is 107 cm³/mol. The maximum Gasteiger partial charge on any atom is 0.273 e. The Labute approximate surface area is 162 Å². The van der Waals surface area contributed by atoms with Crippen LogP contribution in [0.3, 0.4) is 0 Å². The van der Waals surface area contributed by atoms with Crippen LogP contribution in [-0.4, -0.2) is 35.4 Å². The van der Waals surface area contributed by atoms with E-state index in [9.17, 15) is 4.79 Å². The number of methoxy groups -OCH3 is 2. The van der Waals surface area contributed by atoms with Gasteiger partial charge in [0, 0.05) is 37.6 Å². The number of benzene rings is 1. The first-order chi connectivity index (χ1) is 13.1. The van der Waals surface area contributed by atoms with E-state index in [1.54, 1.807) is 38.0 Å². The van der Waals surface area contributed by atoms with Crippen LogP contribution in [0.5, 0.6) is 5.75 Å². The molecule has 0 atom stereocenters. The van der Waals surface area contributed by atoms with Crippen molar-refractivity contribution in [2.45, 2.75) is 26.3 Å². The van der Waals surface area contributed by atoms with Crippen LogP contribution in [0.1, 0.15) is 18.5 Å². The molecule has 0 radical (unpaired) electrons. The number of ether oxygens (including phenoxy) is 2. The van der Waals surface area contributed by atoms with Crippen LogP contribution >= 0.6 is 11.6 Å². The Morgan fingerprint density at radius 1 is 1.15 bits per heavy atom. The molecule has 0 amide bonds. The van der Waals surface area contributed by atoms with Crippen molar-refractivity contribution in [3.8, 4) is 16.9 Å². The van der Waals surface area contributed by atoms with E-state index in [0.717, 1.165) is 24.0 Å². The molecule has 1 aromatic carbocycles. The Morgan fingerprint density at radius 3 is 2.67 bits per heavy atom. The molecule has 2 aromatic heterocycles. The van der Waals surface area contributed by atoms with Crippen molar-refractivity contribution >= 4 is 22.8 Å². The van der Waals surface area contributed by atoms with Crippen molar-refractivity contribution < 1.29 is 9.47 Å². The second-order valence-electron chi connectivity index (χ2n) is 6.23. The van der Waals surface area contributed by atoms with Crippen LogP contribution in [0.4, 0.5) is 0 Å². The molecule has 0 aliphatic rings. The number of hydrogen-bond donors (Lipinski definition) is 0. The Kier molecular flexibility index (Phi) is 6.08. The van der Waals surface area contributed by atoms with Gasteiger partial charge >= 0.3 is 0 Å². The number of rotatable bonds is 7. The molecule has 0 unspecified atom stereocenters. The van der Waals surface area contributed by atoms with Gasteiger partial charge in [0.1, 0.15) is 17.0 Å². The first-order valence-electron chi connectivity index (χ1n) is 8.75. The molecule has 0 N–H and O–H groups in total. The zero-order valence-electron chi connectivity index (χ0n) is 15.7. The highest BCUT2D eigenvalue weighted by Gasteiger charge is 2.15. The SMILES string of the molecule is COCCCCn1c(=O)c(C)nc2c(-c3ccc(OC)cc3Cl)ccnc21. The first kappa shape index (κ1) is 19.3. The van der Waals surface area contributed by atoms with Crippen LogP contribution in [0, 0.1) is 6.92 Å². The van der Waals surface area contributed by atoms with Gasteiger partial charge in [0.05, 0.1) is 12.1 Å². The molecule has 0 aliphatic carbocycles. The second-order valence-corrected chi connectivity index (χ2v) is 6.64. The van der Waals surface area contributed by atoms with E-state index >= 15 is 0 Å². The average molecular weight is 388 g/mol. The van der Waals surface area contributed by atoms with E-state index in [-0.39, 0.29) is 5.56 Å². The van der Waals surface area contributed by atoms with Crippen LogP contribution in [0.25, 0.3) is 22.3 Å². The first-order valence-corrected chi connectivity index (χ1v) is 9.13. The highest BCUT2D eigenvalue weighted by Crippen LogP contribution is 2.34. The maximum atomic E-state index is 12.6. The highest BCUT2D eigenvalue weighted by molar-refractivity contribution is 6.33. The summed E-state index contributed by atoms with van der Waals surface area (Å²) in [6.45, 7) is 2.95. The van der Waals surface area contributed by atoms with Gasteiger partial charge in [-0.2, -0.15) is 0 Å². The zero-order chi connectivity index (χ0) is 19.4. The molecule has 3 rings (SSSR count). The van der Waals surface area contributed by atoms with Crippen LogP contribution in [0.2, 0.25) is 5.02 Å². The molecule has 142 valence electrons. The molecule has 0 fully saturated rings. The lowest BCUT2D eigenvalue weighted by molar-refractivity contribution is 0.191. The van der Waals surface area contributed by atoms with Gasteiger partial charge in [-0.1, -0.05) is 11.6 Å². The minimum Gasteiger partial charge on any atom is -0.497 e. The number of halogens is 1. The van der Waals surface area contributed by atoms with Crippen LogP contribution < -0.4 is 10.3 Å². The molecule has 0 aliphatic heterocycles. The van der Waals surface area contributed by atoms with Gasteiger partial charge in [-0.15, -0.1) is 0 Å². The quantitative estimate of drug-likeness (QED) is 0.576. The third-order valence-electron chi connectivity index (χ3n) is 4.44. The molecule has 2 heterocycles. The van der Waals surface area contributed by atoms with E-state index < -0.39 is 0 Å². The molecule has 3 aromatic rings. The summed E-state index contributed by atoms with van der Waals surface area (Å²) in [6.07, 6.45) is 3.37. The number of unbranched alkanes of at least 4 members (excludes halogenated alkanes) is 1. The Balaban J connectivity index is 2.14. The molecule has 0 saturated heterocycles. The summed E-state index contributed by atoms with van der Waals surface area (Å²) in [4.78, 5) is 21.6. The van der Waals surface area contributed by atoms with Gasteiger partial charge < -0.3 is 9.47 Å². The summed E-state index contributed by atoms with van der Waals surface area (Å²) in [7, 11) is 3.27. The van der Waals surface area contributed by atoms with Crippen molar-refractivity contribution in [2.75, 3.05) is 20.8 Å². The topological polar surface area (TPSA) is 66.2 Å². The zero-order valence-corrected chi connectivity index (χ0v) is 16.4. The highest BCUT2D eigenvalue weighted by atomic mass is 35.5. The molecule has 0 saturated carbocycles. The van der Waals surface area contributed by atoms with E-state index in [4.69, 9.17) is 21.1 Å². The average Bonchev–Trinajstić information content (AvgIpc) is 2.67. The van der Waals surface area contributed by atoms with Crippen molar-refractivity contribution in [1.82, 2.24) is 14.5 Å². The third-order valence-corrected chi connectivity index (χ3v) is 4.75. The predicted octanol–water partition coefficient (Wildman–Crippen LogP) is 3.86. The summed E-state index contributed by atoms with van der Waals surface area (Å²) in [5, 5.41) is 0.555. The summed E-state index contributed by atoms with van der Waals surface area (Å²) < 4.78 is 12.0. The molecular formula is C20H22ClN3O3. The van der Waals surface area contributed by atoms with E-state index in [1.807, 2.05) is 18.2 Å². The van der Waals surface area contributed by atoms with Gasteiger partial charge in [-0.05, 0) is 44.0 Å². The summed E-state index contributed by atoms with van der Waals surface area (Å²) >= 11 is 6.46. The van der Waals surface area contributed by atoms with Crippen molar-refractivity contribution in [3.05, 3.63) is 51.5 Å². The Hall–Kier alpha value is -2.44. The molecule has 0 bridgehead atoms. The van der Waals surface area contributed by atoms with Gasteiger partial charge in [0.25, 0.3) is 5.56 Å². The number of hydrogen-bond acceptors (Lipinski definition) is 5. The number of aryl methyl sites for hydroxylation is 2. The normalized spacial score (nSPS) is 11.1. The summed E-state index contributed by atoms with van der Waals surface area (Å²) in [6, 6.07) is 7.36. The van der Waals surface area contributed by atoms with E-state index in [0.29, 0.717) is 40.8 Å². The summed E-state index contributed by atoms with van der Waals surface area (Å²) in [5.41, 5.74) is 3.20.